The molecule has 0 aliphatic carbocycles. The van der Waals surface area contributed by atoms with Crippen molar-refractivity contribution in [3.8, 4) is 11.1 Å². The maximum absolute atomic E-state index is 2.40. The second kappa shape index (κ2) is 5.24. The van der Waals surface area contributed by atoms with E-state index in [0.29, 0.717) is 0 Å². The van der Waals surface area contributed by atoms with Crippen LogP contribution in [-0.2, 0) is 0 Å². The van der Waals surface area contributed by atoms with E-state index in [4.69, 9.17) is 0 Å². The molecule has 1 aliphatic heterocycles. The number of fused-ring (bicyclic) bond motifs is 2. The van der Waals surface area contributed by atoms with Crippen LogP contribution >= 0.6 is 23.1 Å². The molecule has 0 fully saturated rings. The first-order chi connectivity index (χ1) is 10.4. The second-order valence-corrected chi connectivity index (χ2v) is 6.87. The van der Waals surface area contributed by atoms with Gasteiger partial charge >= 0.3 is 0 Å². The molecule has 0 saturated carbocycles. The first-order valence-corrected chi connectivity index (χ1v) is 8.84. The molecule has 0 spiro atoms. The van der Waals surface area contributed by atoms with Gasteiger partial charge < -0.3 is 4.90 Å². The summed E-state index contributed by atoms with van der Waals surface area (Å²) >= 11 is 3.62. The largest absolute Gasteiger partial charge is 0.340 e. The summed E-state index contributed by atoms with van der Waals surface area (Å²) in [6.07, 6.45) is 0. The van der Waals surface area contributed by atoms with E-state index in [1.54, 1.807) is 11.3 Å². The number of thiophene rings is 1. The van der Waals surface area contributed by atoms with Crippen molar-refractivity contribution in [3.63, 3.8) is 0 Å². The lowest BCUT2D eigenvalue weighted by atomic mass is 10.1. The lowest BCUT2D eigenvalue weighted by molar-refractivity contribution is 0.980. The highest BCUT2D eigenvalue weighted by Gasteiger charge is 2.22. The fraction of sp³-hybridized carbons (Fsp3) is 0.111. The van der Waals surface area contributed by atoms with E-state index in [1.165, 1.54) is 32.3 Å². The molecule has 2 heterocycles. The van der Waals surface area contributed by atoms with Gasteiger partial charge in [0.2, 0.25) is 0 Å². The molecule has 4 rings (SSSR count). The molecular weight excluding hydrogens is 294 g/mol. The van der Waals surface area contributed by atoms with Crippen LogP contribution in [0, 0.1) is 0 Å². The first kappa shape index (κ1) is 13.0. The highest BCUT2D eigenvalue weighted by molar-refractivity contribution is 7.99. The Morgan fingerprint density at radius 1 is 0.905 bits per heavy atom. The van der Waals surface area contributed by atoms with Crippen LogP contribution in [0.2, 0.25) is 0 Å². The van der Waals surface area contributed by atoms with E-state index in [9.17, 15) is 0 Å². The third-order valence-corrected chi connectivity index (χ3v) is 5.59. The molecule has 0 unspecified atom stereocenters. The van der Waals surface area contributed by atoms with E-state index in [1.807, 2.05) is 11.8 Å². The van der Waals surface area contributed by atoms with Crippen LogP contribution in [0.1, 0.15) is 6.92 Å². The highest BCUT2D eigenvalue weighted by Crippen LogP contribution is 2.48. The van der Waals surface area contributed by atoms with Crippen LogP contribution in [0.25, 0.3) is 11.1 Å². The van der Waals surface area contributed by atoms with Crippen molar-refractivity contribution in [1.29, 1.82) is 0 Å². The van der Waals surface area contributed by atoms with Gasteiger partial charge in [0.25, 0.3) is 0 Å². The van der Waals surface area contributed by atoms with E-state index in [-0.39, 0.29) is 0 Å². The standard InChI is InChI=1S/C18H15NS2/c1-2-19-15-5-3-4-6-17(15)21-18-11-13(7-8-16(18)19)14-9-10-20-12-14/h3-12H,2H2,1H3. The Balaban J connectivity index is 1.84. The quantitative estimate of drug-likeness (QED) is 0.568. The van der Waals surface area contributed by atoms with Crippen LogP contribution < -0.4 is 4.90 Å². The van der Waals surface area contributed by atoms with Gasteiger partial charge in [0.1, 0.15) is 0 Å². The van der Waals surface area contributed by atoms with Crippen molar-refractivity contribution in [3.05, 3.63) is 59.3 Å². The molecule has 104 valence electrons. The summed E-state index contributed by atoms with van der Waals surface area (Å²) in [5.41, 5.74) is 5.25. The molecule has 3 aromatic rings. The van der Waals surface area contributed by atoms with Gasteiger partial charge in [-0.25, -0.2) is 0 Å². The maximum atomic E-state index is 2.40. The molecule has 2 aromatic carbocycles. The number of nitrogens with zero attached hydrogens (tertiary/aromatic N) is 1. The molecule has 0 N–H and O–H groups in total. The van der Waals surface area contributed by atoms with Crippen LogP contribution in [0.4, 0.5) is 11.4 Å². The molecule has 0 amide bonds. The normalized spacial score (nSPS) is 12.9. The summed E-state index contributed by atoms with van der Waals surface area (Å²) in [6.45, 7) is 3.20. The van der Waals surface area contributed by atoms with Crippen molar-refractivity contribution in [1.82, 2.24) is 0 Å². The summed E-state index contributed by atoms with van der Waals surface area (Å²) in [5.74, 6) is 0. The summed E-state index contributed by atoms with van der Waals surface area (Å²) in [6, 6.07) is 17.7. The predicted octanol–water partition coefficient (Wildman–Crippen LogP) is 6.04. The lowest BCUT2D eigenvalue weighted by Crippen LogP contribution is -2.19. The molecule has 3 heteroatoms. The van der Waals surface area contributed by atoms with Gasteiger partial charge in [-0.2, -0.15) is 11.3 Å². The molecule has 1 aromatic heterocycles. The van der Waals surface area contributed by atoms with Gasteiger partial charge in [0, 0.05) is 16.3 Å². The zero-order chi connectivity index (χ0) is 14.2. The molecule has 0 bridgehead atoms. The molecule has 0 radical (unpaired) electrons. The minimum Gasteiger partial charge on any atom is -0.340 e. The van der Waals surface area contributed by atoms with Gasteiger partial charge in [0.15, 0.2) is 0 Å². The van der Waals surface area contributed by atoms with Crippen molar-refractivity contribution < 1.29 is 0 Å². The van der Waals surface area contributed by atoms with Crippen molar-refractivity contribution >= 4 is 34.5 Å². The molecular formula is C18H15NS2. The summed E-state index contributed by atoms with van der Waals surface area (Å²) in [5, 5.41) is 4.34. The number of hydrogen-bond donors (Lipinski definition) is 0. The highest BCUT2D eigenvalue weighted by atomic mass is 32.2. The van der Waals surface area contributed by atoms with Crippen LogP contribution in [0.5, 0.6) is 0 Å². The summed E-state index contributed by atoms with van der Waals surface area (Å²) in [4.78, 5) is 5.09. The average molecular weight is 309 g/mol. The Morgan fingerprint density at radius 2 is 1.76 bits per heavy atom. The molecule has 1 aliphatic rings. The number of rotatable bonds is 2. The van der Waals surface area contributed by atoms with Gasteiger partial charge in [0.05, 0.1) is 11.4 Å². The third-order valence-electron chi connectivity index (χ3n) is 3.80. The first-order valence-electron chi connectivity index (χ1n) is 7.08. The predicted molar refractivity (Wildman–Crippen MR) is 93.0 cm³/mol. The number of anilines is 2. The Bertz CT molecular complexity index is 778. The van der Waals surface area contributed by atoms with Crippen molar-refractivity contribution in [2.45, 2.75) is 16.7 Å². The van der Waals surface area contributed by atoms with Crippen LogP contribution in [-0.4, -0.2) is 6.54 Å². The molecule has 0 atom stereocenters. The van der Waals surface area contributed by atoms with Crippen molar-refractivity contribution in [2.24, 2.45) is 0 Å². The molecule has 0 saturated heterocycles. The smallest absolute Gasteiger partial charge is 0.0553 e. The maximum Gasteiger partial charge on any atom is 0.0553 e. The summed E-state index contributed by atoms with van der Waals surface area (Å²) < 4.78 is 0. The fourth-order valence-corrected chi connectivity index (χ4v) is 4.58. The van der Waals surface area contributed by atoms with Gasteiger partial charge in [-0.3, -0.25) is 0 Å². The number of hydrogen-bond acceptors (Lipinski definition) is 3. The Labute approximate surface area is 133 Å². The number of para-hydroxylation sites is 1. The Hall–Kier alpha value is -1.71. The van der Waals surface area contributed by atoms with Gasteiger partial charge in [-0.1, -0.05) is 30.0 Å². The van der Waals surface area contributed by atoms with E-state index < -0.39 is 0 Å². The average Bonchev–Trinajstić information content (AvgIpc) is 3.06. The minimum absolute atomic E-state index is 0.988. The van der Waals surface area contributed by atoms with E-state index in [2.05, 4.69) is 71.1 Å². The SMILES string of the molecule is CCN1c2ccccc2Sc2cc(-c3ccsc3)ccc21. The zero-order valence-electron chi connectivity index (χ0n) is 11.7. The van der Waals surface area contributed by atoms with E-state index in [0.717, 1.165) is 6.54 Å². The van der Waals surface area contributed by atoms with Crippen molar-refractivity contribution in [2.75, 3.05) is 11.4 Å². The molecule has 21 heavy (non-hydrogen) atoms. The summed E-state index contributed by atoms with van der Waals surface area (Å²) in [7, 11) is 0. The minimum atomic E-state index is 0.988. The lowest BCUT2D eigenvalue weighted by Gasteiger charge is -2.32. The zero-order valence-corrected chi connectivity index (χ0v) is 13.4. The Kier molecular flexibility index (Phi) is 3.24. The Morgan fingerprint density at radius 3 is 2.57 bits per heavy atom. The monoisotopic (exact) mass is 309 g/mol. The third kappa shape index (κ3) is 2.17. The topological polar surface area (TPSA) is 3.24 Å². The number of benzene rings is 2. The van der Waals surface area contributed by atoms with Gasteiger partial charge in [-0.05, 0) is 59.1 Å². The van der Waals surface area contributed by atoms with Crippen LogP contribution in [0.3, 0.4) is 0 Å². The molecule has 1 nitrogen and oxygen atoms in total. The van der Waals surface area contributed by atoms with E-state index >= 15 is 0 Å². The fourth-order valence-electron chi connectivity index (χ4n) is 2.78. The van der Waals surface area contributed by atoms with Gasteiger partial charge in [-0.15, -0.1) is 0 Å². The second-order valence-electron chi connectivity index (χ2n) is 5.01. The van der Waals surface area contributed by atoms with Crippen LogP contribution in [0.15, 0.2) is 69.1 Å².